The van der Waals surface area contributed by atoms with E-state index in [4.69, 9.17) is 5.11 Å². The third-order valence-electron chi connectivity index (χ3n) is 3.00. The molecular formula is C12H18N2O4. The smallest absolute Gasteiger partial charge is 0.307 e. The van der Waals surface area contributed by atoms with Crippen molar-refractivity contribution in [1.82, 2.24) is 10.2 Å². The molecule has 1 aliphatic rings. The van der Waals surface area contributed by atoms with E-state index in [-0.39, 0.29) is 18.4 Å². The molecule has 2 unspecified atom stereocenters. The molecule has 0 radical (unpaired) electrons. The SMILES string of the molecule is CN(C)C(=O)CNC(=O)C1CC=CCC1C(=O)O. The highest BCUT2D eigenvalue weighted by Gasteiger charge is 2.33. The molecule has 0 aliphatic heterocycles. The fourth-order valence-electron chi connectivity index (χ4n) is 1.83. The van der Waals surface area contributed by atoms with Gasteiger partial charge in [-0.15, -0.1) is 0 Å². The normalized spacial score (nSPS) is 22.3. The van der Waals surface area contributed by atoms with Crippen LogP contribution in [0.25, 0.3) is 0 Å². The quantitative estimate of drug-likeness (QED) is 0.683. The van der Waals surface area contributed by atoms with E-state index < -0.39 is 17.8 Å². The highest BCUT2D eigenvalue weighted by Crippen LogP contribution is 2.25. The summed E-state index contributed by atoms with van der Waals surface area (Å²) < 4.78 is 0. The Hall–Kier alpha value is -1.85. The second kappa shape index (κ2) is 6.18. The van der Waals surface area contributed by atoms with Gasteiger partial charge < -0.3 is 15.3 Å². The zero-order valence-corrected chi connectivity index (χ0v) is 10.5. The molecule has 0 spiro atoms. The molecule has 0 saturated carbocycles. The molecule has 6 nitrogen and oxygen atoms in total. The van der Waals surface area contributed by atoms with Crippen molar-refractivity contribution in [3.05, 3.63) is 12.2 Å². The summed E-state index contributed by atoms with van der Waals surface area (Å²) in [6.07, 6.45) is 4.33. The van der Waals surface area contributed by atoms with Crippen molar-refractivity contribution < 1.29 is 19.5 Å². The number of carboxylic acids is 1. The summed E-state index contributed by atoms with van der Waals surface area (Å²) in [6.45, 7) is -0.0988. The van der Waals surface area contributed by atoms with Crippen LogP contribution in [0.4, 0.5) is 0 Å². The van der Waals surface area contributed by atoms with Crippen LogP contribution in [0.1, 0.15) is 12.8 Å². The van der Waals surface area contributed by atoms with Gasteiger partial charge in [0.1, 0.15) is 0 Å². The van der Waals surface area contributed by atoms with Crippen LogP contribution in [0.2, 0.25) is 0 Å². The largest absolute Gasteiger partial charge is 0.481 e. The maximum atomic E-state index is 11.9. The molecule has 1 aliphatic carbocycles. The van der Waals surface area contributed by atoms with Crippen molar-refractivity contribution in [2.24, 2.45) is 11.8 Å². The van der Waals surface area contributed by atoms with Crippen LogP contribution in [0.5, 0.6) is 0 Å². The first-order valence-electron chi connectivity index (χ1n) is 5.79. The molecule has 2 amide bonds. The van der Waals surface area contributed by atoms with Crippen molar-refractivity contribution >= 4 is 17.8 Å². The lowest BCUT2D eigenvalue weighted by Gasteiger charge is -2.24. The number of allylic oxidation sites excluding steroid dienone is 2. The van der Waals surface area contributed by atoms with Crippen molar-refractivity contribution in [1.29, 1.82) is 0 Å². The number of hydrogen-bond acceptors (Lipinski definition) is 3. The number of carbonyl (C=O) groups is 3. The third-order valence-corrected chi connectivity index (χ3v) is 3.00. The summed E-state index contributed by atoms with van der Waals surface area (Å²) >= 11 is 0. The summed E-state index contributed by atoms with van der Waals surface area (Å²) in [4.78, 5) is 35.6. The van der Waals surface area contributed by atoms with E-state index in [1.165, 1.54) is 4.90 Å². The number of carboxylic acid groups (broad SMARTS) is 1. The molecule has 0 bridgehead atoms. The fourth-order valence-corrected chi connectivity index (χ4v) is 1.83. The first kappa shape index (κ1) is 14.2. The minimum Gasteiger partial charge on any atom is -0.481 e. The number of nitrogens with one attached hydrogen (secondary N) is 1. The zero-order chi connectivity index (χ0) is 13.7. The average Bonchev–Trinajstić information content (AvgIpc) is 2.35. The molecule has 0 fully saturated rings. The molecule has 2 N–H and O–H groups in total. The number of aliphatic carboxylic acids is 1. The molecule has 100 valence electrons. The number of hydrogen-bond donors (Lipinski definition) is 2. The molecule has 0 heterocycles. The van der Waals surface area contributed by atoms with Gasteiger partial charge in [-0.05, 0) is 12.8 Å². The lowest BCUT2D eigenvalue weighted by atomic mass is 9.82. The molecular weight excluding hydrogens is 236 g/mol. The summed E-state index contributed by atoms with van der Waals surface area (Å²) in [6, 6.07) is 0. The Morgan fingerprint density at radius 1 is 1.22 bits per heavy atom. The Morgan fingerprint density at radius 2 is 1.78 bits per heavy atom. The van der Waals surface area contributed by atoms with Gasteiger partial charge in [0.05, 0.1) is 18.4 Å². The molecule has 18 heavy (non-hydrogen) atoms. The van der Waals surface area contributed by atoms with E-state index in [9.17, 15) is 14.4 Å². The van der Waals surface area contributed by atoms with Gasteiger partial charge in [0, 0.05) is 14.1 Å². The lowest BCUT2D eigenvalue weighted by molar-refractivity contribution is -0.147. The highest BCUT2D eigenvalue weighted by molar-refractivity contribution is 5.88. The Bertz CT molecular complexity index is 376. The van der Waals surface area contributed by atoms with Gasteiger partial charge in [-0.25, -0.2) is 0 Å². The molecule has 1 rings (SSSR count). The topological polar surface area (TPSA) is 86.7 Å². The van der Waals surface area contributed by atoms with Crippen molar-refractivity contribution in [2.75, 3.05) is 20.6 Å². The van der Waals surface area contributed by atoms with Crippen LogP contribution in [0, 0.1) is 11.8 Å². The third kappa shape index (κ3) is 3.58. The van der Waals surface area contributed by atoms with Gasteiger partial charge in [0.2, 0.25) is 11.8 Å². The summed E-state index contributed by atoms with van der Waals surface area (Å²) in [7, 11) is 3.19. The van der Waals surface area contributed by atoms with Gasteiger partial charge in [0.15, 0.2) is 0 Å². The first-order valence-corrected chi connectivity index (χ1v) is 5.79. The van der Waals surface area contributed by atoms with Gasteiger partial charge in [-0.2, -0.15) is 0 Å². The molecule has 0 aromatic heterocycles. The Balaban J connectivity index is 2.57. The van der Waals surface area contributed by atoms with Gasteiger partial charge in [-0.1, -0.05) is 12.2 Å². The predicted octanol–water partition coefficient (Wildman–Crippen LogP) is -0.142. The summed E-state index contributed by atoms with van der Waals surface area (Å²) in [5, 5.41) is 11.5. The molecule has 0 aromatic carbocycles. The molecule has 0 saturated heterocycles. The second-order valence-corrected chi connectivity index (χ2v) is 4.50. The van der Waals surface area contributed by atoms with Crippen LogP contribution in [0.15, 0.2) is 12.2 Å². The first-order chi connectivity index (χ1) is 8.43. The van der Waals surface area contributed by atoms with E-state index >= 15 is 0 Å². The predicted molar refractivity (Wildman–Crippen MR) is 64.7 cm³/mol. The number of carbonyl (C=O) groups excluding carboxylic acids is 2. The molecule has 2 atom stereocenters. The van der Waals surface area contributed by atoms with Crippen LogP contribution >= 0.6 is 0 Å². The van der Waals surface area contributed by atoms with Crippen molar-refractivity contribution in [3.63, 3.8) is 0 Å². The van der Waals surface area contributed by atoms with E-state index in [0.717, 1.165) is 0 Å². The highest BCUT2D eigenvalue weighted by atomic mass is 16.4. The van der Waals surface area contributed by atoms with Crippen LogP contribution in [0.3, 0.4) is 0 Å². The Labute approximate surface area is 106 Å². The van der Waals surface area contributed by atoms with Crippen LogP contribution < -0.4 is 5.32 Å². The van der Waals surface area contributed by atoms with E-state index in [0.29, 0.717) is 12.8 Å². The van der Waals surface area contributed by atoms with Crippen LogP contribution in [-0.4, -0.2) is 48.4 Å². The van der Waals surface area contributed by atoms with Crippen molar-refractivity contribution in [2.45, 2.75) is 12.8 Å². The fraction of sp³-hybridized carbons (Fsp3) is 0.583. The molecule has 6 heteroatoms. The van der Waals surface area contributed by atoms with Gasteiger partial charge >= 0.3 is 5.97 Å². The minimum absolute atomic E-state index is 0.0988. The maximum Gasteiger partial charge on any atom is 0.307 e. The van der Waals surface area contributed by atoms with Gasteiger partial charge in [0.25, 0.3) is 0 Å². The van der Waals surface area contributed by atoms with Gasteiger partial charge in [-0.3, -0.25) is 14.4 Å². The Morgan fingerprint density at radius 3 is 2.28 bits per heavy atom. The van der Waals surface area contributed by atoms with E-state index in [1.54, 1.807) is 26.2 Å². The number of rotatable bonds is 4. The minimum atomic E-state index is -0.974. The number of nitrogens with zero attached hydrogens (tertiary/aromatic N) is 1. The van der Waals surface area contributed by atoms with Crippen molar-refractivity contribution in [3.8, 4) is 0 Å². The van der Waals surface area contributed by atoms with E-state index in [1.807, 2.05) is 0 Å². The lowest BCUT2D eigenvalue weighted by Crippen LogP contribution is -2.42. The second-order valence-electron chi connectivity index (χ2n) is 4.50. The average molecular weight is 254 g/mol. The maximum absolute atomic E-state index is 11.9. The zero-order valence-electron chi connectivity index (χ0n) is 10.5. The standard InChI is InChI=1S/C12H18N2O4/c1-14(2)10(15)7-13-11(16)8-5-3-4-6-9(8)12(17)18/h3-4,8-9H,5-7H2,1-2H3,(H,13,16)(H,17,18). The monoisotopic (exact) mass is 254 g/mol. The van der Waals surface area contributed by atoms with E-state index in [2.05, 4.69) is 5.32 Å². The summed E-state index contributed by atoms with van der Waals surface area (Å²) in [5.41, 5.74) is 0. The van der Waals surface area contributed by atoms with Crippen LogP contribution in [-0.2, 0) is 14.4 Å². The Kier molecular flexibility index (Phi) is 4.88. The number of amides is 2. The molecule has 0 aromatic rings. The summed E-state index contributed by atoms with van der Waals surface area (Å²) in [5.74, 6) is -2.87. The number of likely N-dealkylation sites (N-methyl/N-ethyl adjacent to an activating group) is 1.